The predicted octanol–water partition coefficient (Wildman–Crippen LogP) is 15.0. The first-order chi connectivity index (χ1) is 30.7. The van der Waals surface area contributed by atoms with Crippen LogP contribution in [0.25, 0.3) is 111 Å². The van der Waals surface area contributed by atoms with E-state index in [9.17, 15) is 0 Å². The molecule has 0 aliphatic carbocycles. The molecule has 0 radical (unpaired) electrons. The molecule has 290 valence electrons. The minimum absolute atomic E-state index is 0.672. The summed E-state index contributed by atoms with van der Waals surface area (Å²) in [7, 11) is 0. The van der Waals surface area contributed by atoms with Gasteiger partial charge in [-0.1, -0.05) is 170 Å². The van der Waals surface area contributed by atoms with Crippen LogP contribution < -0.4 is 0 Å². The molecule has 0 atom stereocenters. The van der Waals surface area contributed by atoms with Crippen LogP contribution in [0.15, 0.2) is 231 Å². The van der Waals surface area contributed by atoms with Crippen LogP contribution in [0, 0.1) is 0 Å². The number of hydrogen-bond acceptors (Lipinski definition) is 2. The van der Waals surface area contributed by atoms with Crippen molar-refractivity contribution in [2.45, 2.75) is 0 Å². The van der Waals surface area contributed by atoms with Gasteiger partial charge in [-0.3, -0.25) is 0 Å². The van der Waals surface area contributed by atoms with Gasteiger partial charge < -0.3 is 9.13 Å². The van der Waals surface area contributed by atoms with Crippen molar-refractivity contribution in [3.05, 3.63) is 231 Å². The fourth-order valence-electron chi connectivity index (χ4n) is 9.20. The Morgan fingerprint density at radius 2 is 0.613 bits per heavy atom. The number of nitrogens with zero attached hydrogens (tertiary/aromatic N) is 4. The molecule has 0 spiro atoms. The zero-order chi connectivity index (χ0) is 41.0. The van der Waals surface area contributed by atoms with E-state index < -0.39 is 0 Å². The van der Waals surface area contributed by atoms with Crippen LogP contribution in [-0.4, -0.2) is 19.1 Å². The van der Waals surface area contributed by atoms with E-state index in [1.54, 1.807) is 0 Å². The van der Waals surface area contributed by atoms with E-state index in [0.717, 1.165) is 50.6 Å². The molecular formula is C58H38N4. The third-order valence-electron chi connectivity index (χ3n) is 12.1. The van der Waals surface area contributed by atoms with Gasteiger partial charge >= 0.3 is 0 Å². The summed E-state index contributed by atoms with van der Waals surface area (Å²) >= 11 is 0. The molecule has 0 bridgehead atoms. The van der Waals surface area contributed by atoms with Crippen LogP contribution in [0.2, 0.25) is 0 Å². The Balaban J connectivity index is 0.988. The molecule has 0 unspecified atom stereocenters. The minimum Gasteiger partial charge on any atom is -0.309 e. The van der Waals surface area contributed by atoms with E-state index in [2.05, 4.69) is 240 Å². The van der Waals surface area contributed by atoms with E-state index in [1.165, 1.54) is 54.7 Å². The summed E-state index contributed by atoms with van der Waals surface area (Å²) < 4.78 is 4.72. The largest absolute Gasteiger partial charge is 0.309 e. The molecule has 12 aromatic rings. The highest BCUT2D eigenvalue weighted by atomic mass is 15.0. The van der Waals surface area contributed by atoms with Gasteiger partial charge in [0.25, 0.3) is 0 Å². The van der Waals surface area contributed by atoms with Gasteiger partial charge in [0.2, 0.25) is 0 Å². The fourth-order valence-corrected chi connectivity index (χ4v) is 9.20. The molecule has 0 aliphatic rings. The van der Waals surface area contributed by atoms with Crippen LogP contribution in [0.3, 0.4) is 0 Å². The Kier molecular flexibility index (Phi) is 8.46. The van der Waals surface area contributed by atoms with Gasteiger partial charge in [0.1, 0.15) is 0 Å². The third-order valence-corrected chi connectivity index (χ3v) is 12.1. The van der Waals surface area contributed by atoms with Crippen molar-refractivity contribution in [2.75, 3.05) is 0 Å². The van der Waals surface area contributed by atoms with E-state index in [0.29, 0.717) is 5.82 Å². The average Bonchev–Trinajstić information content (AvgIpc) is 3.87. The lowest BCUT2D eigenvalue weighted by atomic mass is 9.99. The van der Waals surface area contributed by atoms with Gasteiger partial charge in [-0.2, -0.15) is 0 Å². The maximum atomic E-state index is 5.35. The molecule has 0 aliphatic heterocycles. The normalized spacial score (nSPS) is 11.5. The molecule has 0 fully saturated rings. The second-order valence-corrected chi connectivity index (χ2v) is 15.8. The number of para-hydroxylation sites is 4. The summed E-state index contributed by atoms with van der Waals surface area (Å²) in [6.07, 6.45) is 0. The summed E-state index contributed by atoms with van der Waals surface area (Å²) in [5.41, 5.74) is 16.2. The van der Waals surface area contributed by atoms with Gasteiger partial charge in [-0.15, -0.1) is 0 Å². The maximum absolute atomic E-state index is 5.35. The van der Waals surface area contributed by atoms with Gasteiger partial charge in [-0.05, 0) is 82.9 Å². The Bertz CT molecular complexity index is 3530. The summed E-state index contributed by atoms with van der Waals surface area (Å²) in [6.45, 7) is 0. The molecule has 4 nitrogen and oxygen atoms in total. The summed E-state index contributed by atoms with van der Waals surface area (Å²) in [5, 5.41) is 4.96. The lowest BCUT2D eigenvalue weighted by Crippen LogP contribution is -1.98. The van der Waals surface area contributed by atoms with Crippen molar-refractivity contribution in [3.63, 3.8) is 0 Å². The van der Waals surface area contributed by atoms with Gasteiger partial charge in [0.05, 0.1) is 33.5 Å². The van der Waals surface area contributed by atoms with Gasteiger partial charge in [0, 0.05) is 49.6 Å². The van der Waals surface area contributed by atoms with Crippen molar-refractivity contribution in [2.24, 2.45) is 0 Å². The van der Waals surface area contributed by atoms with Crippen molar-refractivity contribution in [1.29, 1.82) is 0 Å². The van der Waals surface area contributed by atoms with Gasteiger partial charge in [-0.25, -0.2) is 9.97 Å². The molecule has 12 rings (SSSR count). The molecule has 3 aromatic heterocycles. The van der Waals surface area contributed by atoms with E-state index in [4.69, 9.17) is 9.97 Å². The fraction of sp³-hybridized carbons (Fsp3) is 0. The third kappa shape index (κ3) is 6.08. The standard InChI is InChI=1S/C58H38N4/c1-2-15-39(16-3-1)40-31-33-41(34-32-40)52-38-53(60-58(59-52)45-20-14-22-47(37-45)62-56-29-10-6-25-50(56)51-26-7-11-30-57(51)62)44-19-12-17-42(35-44)43-18-13-21-46(36-43)61-54-27-8-4-23-48(54)49-24-5-9-28-55(49)61/h1-38H. The van der Waals surface area contributed by atoms with E-state index in [1.807, 2.05) is 0 Å². The Morgan fingerprint density at radius 1 is 0.242 bits per heavy atom. The van der Waals surface area contributed by atoms with Crippen LogP contribution in [0.1, 0.15) is 0 Å². The first-order valence-corrected chi connectivity index (χ1v) is 21.1. The van der Waals surface area contributed by atoms with Crippen molar-refractivity contribution >= 4 is 43.6 Å². The van der Waals surface area contributed by atoms with Crippen molar-refractivity contribution in [1.82, 2.24) is 19.1 Å². The predicted molar refractivity (Wildman–Crippen MR) is 258 cm³/mol. The van der Waals surface area contributed by atoms with Crippen molar-refractivity contribution in [3.8, 4) is 67.5 Å². The lowest BCUT2D eigenvalue weighted by molar-refractivity contribution is 1.16. The average molecular weight is 791 g/mol. The van der Waals surface area contributed by atoms with Crippen molar-refractivity contribution < 1.29 is 0 Å². The van der Waals surface area contributed by atoms with Crippen LogP contribution in [-0.2, 0) is 0 Å². The van der Waals surface area contributed by atoms with Crippen LogP contribution >= 0.6 is 0 Å². The number of rotatable bonds is 7. The maximum Gasteiger partial charge on any atom is 0.160 e. The highest BCUT2D eigenvalue weighted by molar-refractivity contribution is 6.10. The monoisotopic (exact) mass is 790 g/mol. The minimum atomic E-state index is 0.672. The number of aromatic nitrogens is 4. The molecule has 4 heteroatoms. The van der Waals surface area contributed by atoms with E-state index >= 15 is 0 Å². The molecule has 0 saturated carbocycles. The highest BCUT2D eigenvalue weighted by Crippen LogP contribution is 2.37. The second-order valence-electron chi connectivity index (χ2n) is 15.8. The Labute approximate surface area is 359 Å². The zero-order valence-corrected chi connectivity index (χ0v) is 33.7. The zero-order valence-electron chi connectivity index (χ0n) is 33.7. The van der Waals surface area contributed by atoms with Gasteiger partial charge in [0.15, 0.2) is 5.82 Å². The SMILES string of the molecule is c1ccc(-c2ccc(-c3cc(-c4cccc(-c5cccc(-n6c7ccccc7c7ccccc76)c5)c4)nc(-c4cccc(-n5c6ccccc6c6ccccc65)c4)n3)cc2)cc1. The Morgan fingerprint density at radius 3 is 1.16 bits per heavy atom. The van der Waals surface area contributed by atoms with E-state index in [-0.39, 0.29) is 0 Å². The number of hydrogen-bond donors (Lipinski definition) is 0. The molecule has 0 amide bonds. The number of fused-ring (bicyclic) bond motifs is 6. The molecule has 62 heavy (non-hydrogen) atoms. The summed E-state index contributed by atoms with van der Waals surface area (Å²) in [4.78, 5) is 10.6. The lowest BCUT2D eigenvalue weighted by Gasteiger charge is -2.13. The number of benzene rings is 9. The molecule has 9 aromatic carbocycles. The Hall–Kier alpha value is -8.34. The highest BCUT2D eigenvalue weighted by Gasteiger charge is 2.17. The van der Waals surface area contributed by atoms with Crippen LogP contribution in [0.5, 0.6) is 0 Å². The topological polar surface area (TPSA) is 35.6 Å². The first kappa shape index (κ1) is 35.6. The second kappa shape index (κ2) is 14.7. The smallest absolute Gasteiger partial charge is 0.160 e. The molecular weight excluding hydrogens is 753 g/mol. The first-order valence-electron chi connectivity index (χ1n) is 21.1. The summed E-state index contributed by atoms with van der Waals surface area (Å²) in [6, 6.07) is 82.1. The van der Waals surface area contributed by atoms with Crippen LogP contribution in [0.4, 0.5) is 0 Å². The summed E-state index contributed by atoms with van der Waals surface area (Å²) in [5.74, 6) is 0.672. The molecule has 3 heterocycles. The molecule has 0 N–H and O–H groups in total. The molecule has 0 saturated heterocycles. The quantitative estimate of drug-likeness (QED) is 0.161.